The summed E-state index contributed by atoms with van der Waals surface area (Å²) in [5, 5.41) is 63.8. The van der Waals surface area contributed by atoms with Crippen molar-refractivity contribution in [3.63, 3.8) is 0 Å². The number of hydrogen-bond donors (Lipinski definition) is 23. The molecule has 42 heteroatoms. The van der Waals surface area contributed by atoms with Gasteiger partial charge in [-0.3, -0.25) is 91.1 Å². The average Bonchev–Trinajstić information content (AvgIpc) is 0.860. The van der Waals surface area contributed by atoms with Crippen molar-refractivity contribution in [3.05, 3.63) is 0 Å². The molecule has 692 valence electrons. The second-order valence-electron chi connectivity index (χ2n) is 31.2. The van der Waals surface area contributed by atoms with Crippen LogP contribution in [0.25, 0.3) is 0 Å². The molecule has 0 saturated heterocycles. The number of aliphatic carboxylic acids is 4. The van der Waals surface area contributed by atoms with Gasteiger partial charge in [-0.05, 0) is 166 Å². The zero-order valence-corrected chi connectivity index (χ0v) is 74.0. The Balaban J connectivity index is -0.00000251. The lowest BCUT2D eigenvalue weighted by molar-refractivity contribution is -0.136. The summed E-state index contributed by atoms with van der Waals surface area (Å²) in [6.07, 6.45) is 3.65. The van der Waals surface area contributed by atoms with Crippen LogP contribution in [-0.4, -0.2) is 237 Å². The number of nitrogens with one attached hydrogen (secondary N) is 13. The van der Waals surface area contributed by atoms with Gasteiger partial charge in [-0.25, -0.2) is 0 Å². The Morgan fingerprint density at radius 2 is 0.492 bits per heavy atom. The summed E-state index contributed by atoms with van der Waals surface area (Å²) < 4.78 is 0. The summed E-state index contributed by atoms with van der Waals surface area (Å²) in [5.41, 5.74) is 34.4. The van der Waals surface area contributed by atoms with Gasteiger partial charge >= 0.3 is 0 Å². The highest BCUT2D eigenvalue weighted by Crippen LogP contribution is 2.16. The minimum absolute atomic E-state index is 0.00864. The van der Waals surface area contributed by atoms with Gasteiger partial charge in [0.1, 0.15) is 78.5 Å². The predicted molar refractivity (Wildman–Crippen MR) is 447 cm³/mol. The molecule has 0 aromatic heterocycles. The Hall–Kier alpha value is -10.2. The van der Waals surface area contributed by atoms with Crippen molar-refractivity contribution in [2.45, 2.75) is 326 Å². The van der Waals surface area contributed by atoms with Crippen LogP contribution in [-0.2, 0) is 91.1 Å². The topological polar surface area (TPSA) is 718 Å². The molecular weight excluding hydrogens is 1570 g/mol. The Labute approximate surface area is 705 Å². The minimum Gasteiger partial charge on any atom is -0.481 e. The number of amides is 15. The van der Waals surface area contributed by atoms with Crippen LogP contribution in [0.4, 0.5) is 0 Å². The number of nitrogens with two attached hydrogens (primary N) is 6. The average molecular weight is 1720 g/mol. The Kier molecular flexibility index (Phi) is 64.7. The molecule has 0 rings (SSSR count). The summed E-state index contributed by atoms with van der Waals surface area (Å²) >= 11 is 0. The van der Waals surface area contributed by atoms with Crippen molar-refractivity contribution in [2.24, 2.45) is 69.9 Å². The number of hydrogen-bond acceptors (Lipinski definition) is 23. The third kappa shape index (κ3) is 58.6. The van der Waals surface area contributed by atoms with Crippen molar-refractivity contribution in [1.82, 2.24) is 69.1 Å². The monoisotopic (exact) mass is 1720 g/mol. The number of carboxylic acids is 4. The molecule has 120 heavy (non-hydrogen) atoms. The lowest BCUT2D eigenvalue weighted by atomic mass is 9.97. The molecular formula is C78H147N19O23. The SMILES string of the molecule is CC(=O)O.CC(=O)O.CC(=O)O.CC(=O)O.CC[C@H](C)[C@H](N)C(=O)N[C@@H](CC(N)=O)C(=O)N[C@@H](CC(C)C)C(=O)N[C@@H](CCCCN)C(=O)N[C@@H](C)C(=O)N[C@H](C(=O)N[C@@H](C)C(=O)N[C@@H](C)C(=O)N[C@@H](CC(C)C)C(=O)N[C@@H](C)C(=O)N[C@@H](CCCCN)C(=O)N[C@@H](CCCCN)C(=O)N[C@@H](CC(C)C)C(=O)N[C@@H](CC(C)C)C(N)=O)[C@@H](C)CC. The first-order valence-electron chi connectivity index (χ1n) is 40.7. The normalized spacial score (nSPS) is 14.7. The molecule has 0 aromatic carbocycles. The Bertz CT molecular complexity index is 3170. The first-order chi connectivity index (χ1) is 55.5. The highest BCUT2D eigenvalue weighted by atomic mass is 16.4. The number of carboxylic acid groups (broad SMARTS) is 4. The lowest BCUT2D eigenvalue weighted by Gasteiger charge is -2.28. The summed E-state index contributed by atoms with van der Waals surface area (Å²) in [5.74, 6) is -16.3. The number of carbonyl (C=O) groups is 19. The van der Waals surface area contributed by atoms with Crippen LogP contribution in [0, 0.1) is 35.5 Å². The smallest absolute Gasteiger partial charge is 0.300 e. The summed E-state index contributed by atoms with van der Waals surface area (Å²) in [4.78, 5) is 240. The van der Waals surface area contributed by atoms with Gasteiger partial charge in [0.15, 0.2) is 0 Å². The van der Waals surface area contributed by atoms with E-state index >= 15 is 0 Å². The van der Waals surface area contributed by atoms with E-state index in [0.717, 1.165) is 27.7 Å². The van der Waals surface area contributed by atoms with Gasteiger partial charge in [0.2, 0.25) is 88.6 Å². The van der Waals surface area contributed by atoms with E-state index in [1.807, 2.05) is 34.6 Å². The second-order valence-corrected chi connectivity index (χ2v) is 31.2. The van der Waals surface area contributed by atoms with Gasteiger partial charge in [0.25, 0.3) is 23.9 Å². The molecule has 0 bridgehead atoms. The van der Waals surface area contributed by atoms with Crippen LogP contribution < -0.4 is 104 Å². The minimum atomic E-state index is -1.48. The lowest BCUT2D eigenvalue weighted by Crippen LogP contribution is -2.61. The van der Waals surface area contributed by atoms with Crippen molar-refractivity contribution in [1.29, 1.82) is 0 Å². The molecule has 15 amide bonds. The molecule has 0 aliphatic heterocycles. The maximum atomic E-state index is 14.2. The van der Waals surface area contributed by atoms with Gasteiger partial charge in [-0.2, -0.15) is 0 Å². The molecule has 0 aromatic rings. The van der Waals surface area contributed by atoms with Gasteiger partial charge in [0.05, 0.1) is 12.5 Å². The van der Waals surface area contributed by atoms with E-state index in [4.69, 9.17) is 74.0 Å². The molecule has 29 N–H and O–H groups in total. The highest BCUT2D eigenvalue weighted by Gasteiger charge is 2.38. The number of primary amides is 2. The fourth-order valence-electron chi connectivity index (χ4n) is 10.8. The van der Waals surface area contributed by atoms with Crippen LogP contribution in [0.15, 0.2) is 0 Å². The molecule has 16 atom stereocenters. The molecule has 0 saturated carbocycles. The summed E-state index contributed by atoms with van der Waals surface area (Å²) in [7, 11) is 0. The Morgan fingerprint density at radius 3 is 0.783 bits per heavy atom. The van der Waals surface area contributed by atoms with Gasteiger partial charge < -0.3 is 124 Å². The maximum Gasteiger partial charge on any atom is 0.300 e. The first-order valence-corrected chi connectivity index (χ1v) is 40.7. The maximum absolute atomic E-state index is 14.2. The van der Waals surface area contributed by atoms with Gasteiger partial charge in [0, 0.05) is 27.7 Å². The van der Waals surface area contributed by atoms with Crippen LogP contribution in [0.2, 0.25) is 0 Å². The molecule has 0 aliphatic rings. The highest BCUT2D eigenvalue weighted by molar-refractivity contribution is 6.00. The third-order valence-electron chi connectivity index (χ3n) is 17.5. The first kappa shape index (κ1) is 118. The molecule has 42 nitrogen and oxygen atoms in total. The molecule has 0 fully saturated rings. The van der Waals surface area contributed by atoms with Crippen molar-refractivity contribution in [2.75, 3.05) is 19.6 Å². The molecule has 0 radical (unpaired) electrons. The molecule has 0 heterocycles. The van der Waals surface area contributed by atoms with Crippen LogP contribution >= 0.6 is 0 Å². The molecule has 0 unspecified atom stereocenters. The standard InChI is InChI=1S/C70H131N19O15.4C2H4O2/c1-17-40(11)55(75)69(103)88-53(35-54(74)90)68(102)87-51(33-38(7)8)66(100)83-46(25-19-22-28-71)62(96)78-45(16)61(95)89-56(41(12)18-2)70(104)80-42(13)58(92)77-43(14)60(94)85-50(32-37(5)6)65(99)79-44(15)59(93)81-47(26-20-23-29-72)63(97)82-48(27-21-24-30-73)64(98)86-52(34-39(9)10)67(101)84-49(57(76)91)31-36(3)4;4*1-2(3)4/h36-53,55-56H,17-35,71-73,75H2,1-16H3,(H2,74,90)(H2,76,91)(H,77,92)(H,78,96)(H,79,99)(H,80,104)(H,81,93)(H,82,97)(H,83,100)(H,84,101)(H,85,94)(H,86,98)(H,87,102)(H,88,103)(H,89,95);4*1H3,(H,3,4)/t40-,41-,42-,43-,44-,45-,46-,47-,48-,49-,50-,51-,52-,53-,55-,56-;;;;/m0..../s1. The predicted octanol–water partition coefficient (Wildman–Crippen LogP) is -1.92. The number of unbranched alkanes of at least 4 members (excludes halogenated alkanes) is 3. The fourth-order valence-corrected chi connectivity index (χ4v) is 10.8. The quantitative estimate of drug-likeness (QED) is 0.0295. The van der Waals surface area contributed by atoms with E-state index in [2.05, 4.69) is 69.1 Å². The fraction of sp³-hybridized carbons (Fsp3) is 0.756. The second kappa shape index (κ2) is 65.6. The summed E-state index contributed by atoms with van der Waals surface area (Å²) in [6.45, 7) is 32.1. The van der Waals surface area contributed by atoms with Crippen molar-refractivity contribution in [3.8, 4) is 0 Å². The third-order valence-corrected chi connectivity index (χ3v) is 17.5. The zero-order chi connectivity index (χ0) is 94.1. The van der Waals surface area contributed by atoms with E-state index < -0.39 is 209 Å². The van der Waals surface area contributed by atoms with Crippen LogP contribution in [0.1, 0.15) is 241 Å². The summed E-state index contributed by atoms with van der Waals surface area (Å²) in [6, 6.07) is -17.3. The van der Waals surface area contributed by atoms with Gasteiger partial charge in [-0.15, -0.1) is 0 Å². The Morgan fingerprint density at radius 1 is 0.275 bits per heavy atom. The molecule has 0 aliphatic carbocycles. The van der Waals surface area contributed by atoms with Crippen LogP contribution in [0.5, 0.6) is 0 Å². The van der Waals surface area contributed by atoms with Crippen LogP contribution in [0.3, 0.4) is 0 Å². The molecule has 0 spiro atoms. The van der Waals surface area contributed by atoms with E-state index in [1.54, 1.807) is 48.5 Å². The van der Waals surface area contributed by atoms with E-state index in [-0.39, 0.29) is 87.6 Å². The van der Waals surface area contributed by atoms with E-state index in [9.17, 15) is 71.9 Å². The largest absolute Gasteiger partial charge is 0.481 e. The number of rotatable bonds is 53. The van der Waals surface area contributed by atoms with Gasteiger partial charge in [-0.1, -0.05) is 95.9 Å². The zero-order valence-electron chi connectivity index (χ0n) is 74.0. The van der Waals surface area contributed by atoms with E-state index in [1.165, 1.54) is 27.7 Å². The van der Waals surface area contributed by atoms with Crippen molar-refractivity contribution < 1.29 is 112 Å². The van der Waals surface area contributed by atoms with Crippen molar-refractivity contribution >= 4 is 112 Å². The number of carbonyl (C=O) groups excluding carboxylic acids is 15. The van der Waals surface area contributed by atoms with E-state index in [0.29, 0.717) is 57.9 Å².